The van der Waals surface area contributed by atoms with Crippen molar-refractivity contribution in [3.05, 3.63) is 101 Å². The summed E-state index contributed by atoms with van der Waals surface area (Å²) in [5.41, 5.74) is 2.17. The Balaban J connectivity index is 1.38. The number of nitrogens with one attached hydrogen (secondary N) is 2. The summed E-state index contributed by atoms with van der Waals surface area (Å²) in [7, 11) is 0. The molecule has 0 saturated heterocycles. The number of nitrogens with zero attached hydrogens (tertiary/aromatic N) is 1. The lowest BCUT2D eigenvalue weighted by Crippen LogP contribution is -2.48. The Labute approximate surface area is 180 Å². The van der Waals surface area contributed by atoms with Crippen LogP contribution in [0.15, 0.2) is 79.1 Å². The molecule has 2 aromatic carbocycles. The topological polar surface area (TPSA) is 88.2 Å². The molecule has 0 spiro atoms. The zero-order valence-electron chi connectivity index (χ0n) is 17.0. The second-order valence-electron chi connectivity index (χ2n) is 7.60. The van der Waals surface area contributed by atoms with Crippen LogP contribution in [0.25, 0.3) is 0 Å². The van der Waals surface area contributed by atoms with Crippen LogP contribution in [0.1, 0.15) is 55.9 Å². The van der Waals surface area contributed by atoms with E-state index in [1.54, 1.807) is 60.9 Å². The van der Waals surface area contributed by atoms with Crippen LogP contribution in [0.5, 0.6) is 0 Å². The third-order valence-electron chi connectivity index (χ3n) is 5.54. The minimum absolute atomic E-state index is 0.0813. The van der Waals surface area contributed by atoms with Crippen molar-refractivity contribution < 1.29 is 14.4 Å². The first-order chi connectivity index (χ1) is 15.1. The fourth-order valence-corrected chi connectivity index (χ4v) is 3.84. The molecule has 1 heterocycles. The lowest BCUT2D eigenvalue weighted by molar-refractivity contribution is 0.0892. The van der Waals surface area contributed by atoms with Crippen molar-refractivity contribution >= 4 is 17.6 Å². The third-order valence-corrected chi connectivity index (χ3v) is 5.54. The molecule has 0 bridgehead atoms. The molecule has 1 aliphatic carbocycles. The molecular formula is C25H23N3O3. The zero-order valence-corrected chi connectivity index (χ0v) is 17.0. The normalized spacial score (nSPS) is 17.7. The van der Waals surface area contributed by atoms with Crippen molar-refractivity contribution in [1.82, 2.24) is 15.6 Å². The predicted molar refractivity (Wildman–Crippen MR) is 117 cm³/mol. The zero-order chi connectivity index (χ0) is 21.6. The molecule has 156 valence electrons. The second kappa shape index (κ2) is 9.34. The minimum atomic E-state index is -0.214. The van der Waals surface area contributed by atoms with Gasteiger partial charge in [-0.3, -0.25) is 19.4 Å². The summed E-state index contributed by atoms with van der Waals surface area (Å²) in [6.45, 7) is 0. The molecule has 4 rings (SSSR count). The number of amides is 2. The summed E-state index contributed by atoms with van der Waals surface area (Å²) in [6, 6.07) is 18.8. The number of aromatic nitrogens is 1. The Morgan fingerprint density at radius 2 is 1.13 bits per heavy atom. The SMILES string of the molecule is O=C(N[C@@H]1CCC[C@H]1NC(=O)c1ccc(C(=O)c2ccccc2)cc1)c1ccncc1. The van der Waals surface area contributed by atoms with E-state index < -0.39 is 0 Å². The number of ketones is 1. The molecule has 2 amide bonds. The monoisotopic (exact) mass is 413 g/mol. The number of carbonyl (C=O) groups excluding carboxylic acids is 3. The van der Waals surface area contributed by atoms with Crippen molar-refractivity contribution in [2.75, 3.05) is 0 Å². The lowest BCUT2D eigenvalue weighted by Gasteiger charge is -2.22. The molecule has 1 aliphatic rings. The summed E-state index contributed by atoms with van der Waals surface area (Å²) in [5, 5.41) is 6.05. The molecule has 1 fully saturated rings. The number of carbonyl (C=O) groups is 3. The van der Waals surface area contributed by atoms with Gasteiger partial charge in [0.1, 0.15) is 0 Å². The van der Waals surface area contributed by atoms with Crippen LogP contribution in [0.4, 0.5) is 0 Å². The number of benzene rings is 2. The van der Waals surface area contributed by atoms with Gasteiger partial charge in [-0.15, -0.1) is 0 Å². The highest BCUT2D eigenvalue weighted by Crippen LogP contribution is 2.20. The molecule has 31 heavy (non-hydrogen) atoms. The van der Waals surface area contributed by atoms with Crippen LogP contribution < -0.4 is 10.6 Å². The van der Waals surface area contributed by atoms with Crippen molar-refractivity contribution in [3.8, 4) is 0 Å². The van der Waals surface area contributed by atoms with E-state index in [4.69, 9.17) is 0 Å². The summed E-state index contributed by atoms with van der Waals surface area (Å²) < 4.78 is 0. The highest BCUT2D eigenvalue weighted by Gasteiger charge is 2.30. The van der Waals surface area contributed by atoms with E-state index in [1.807, 2.05) is 18.2 Å². The van der Waals surface area contributed by atoms with Crippen molar-refractivity contribution in [1.29, 1.82) is 0 Å². The van der Waals surface area contributed by atoms with Gasteiger partial charge in [-0.1, -0.05) is 42.5 Å². The van der Waals surface area contributed by atoms with Crippen LogP contribution in [0.3, 0.4) is 0 Å². The highest BCUT2D eigenvalue weighted by molar-refractivity contribution is 6.09. The third kappa shape index (κ3) is 4.86. The van der Waals surface area contributed by atoms with Crippen LogP contribution >= 0.6 is 0 Å². The molecule has 0 aliphatic heterocycles. The highest BCUT2D eigenvalue weighted by atomic mass is 16.2. The Morgan fingerprint density at radius 3 is 1.71 bits per heavy atom. The largest absolute Gasteiger partial charge is 0.347 e. The van der Waals surface area contributed by atoms with E-state index in [-0.39, 0.29) is 29.7 Å². The maximum absolute atomic E-state index is 12.7. The number of rotatable bonds is 6. The van der Waals surface area contributed by atoms with E-state index >= 15 is 0 Å². The van der Waals surface area contributed by atoms with Gasteiger partial charge in [0.2, 0.25) is 0 Å². The smallest absolute Gasteiger partial charge is 0.251 e. The van der Waals surface area contributed by atoms with Gasteiger partial charge in [0.25, 0.3) is 11.8 Å². The Bertz CT molecular complexity index is 1070. The molecule has 6 nitrogen and oxygen atoms in total. The van der Waals surface area contributed by atoms with Gasteiger partial charge >= 0.3 is 0 Å². The lowest BCUT2D eigenvalue weighted by atomic mass is 10.0. The average Bonchev–Trinajstić information content (AvgIpc) is 3.26. The molecule has 0 unspecified atom stereocenters. The molecule has 0 radical (unpaired) electrons. The van der Waals surface area contributed by atoms with E-state index in [0.717, 1.165) is 19.3 Å². The molecule has 1 saturated carbocycles. The first kappa shape index (κ1) is 20.5. The molecule has 2 N–H and O–H groups in total. The van der Waals surface area contributed by atoms with Gasteiger partial charge in [0, 0.05) is 46.7 Å². The van der Waals surface area contributed by atoms with Crippen molar-refractivity contribution in [3.63, 3.8) is 0 Å². The average molecular weight is 413 g/mol. The van der Waals surface area contributed by atoms with Gasteiger partial charge in [-0.2, -0.15) is 0 Å². The quantitative estimate of drug-likeness (QED) is 0.607. The molecular weight excluding hydrogens is 390 g/mol. The Hall–Kier alpha value is -3.80. The molecule has 6 heteroatoms. The Kier molecular flexibility index (Phi) is 6.17. The fraction of sp³-hybridized carbons (Fsp3) is 0.200. The van der Waals surface area contributed by atoms with Crippen molar-refractivity contribution in [2.45, 2.75) is 31.3 Å². The molecule has 1 aromatic heterocycles. The number of pyridine rings is 1. The second-order valence-corrected chi connectivity index (χ2v) is 7.60. The van der Waals surface area contributed by atoms with Gasteiger partial charge in [0.05, 0.1) is 0 Å². The van der Waals surface area contributed by atoms with E-state index in [0.29, 0.717) is 22.3 Å². The minimum Gasteiger partial charge on any atom is -0.347 e. The van der Waals surface area contributed by atoms with Crippen LogP contribution in [-0.4, -0.2) is 34.7 Å². The van der Waals surface area contributed by atoms with Crippen LogP contribution in [0, 0.1) is 0 Å². The van der Waals surface area contributed by atoms with Gasteiger partial charge in [-0.25, -0.2) is 0 Å². The standard InChI is InChI=1S/C25H23N3O3/c29-23(17-5-2-1-3-6-17)18-9-11-19(12-10-18)24(30)27-21-7-4-8-22(21)28-25(31)20-13-15-26-16-14-20/h1-3,5-6,9-16,21-22H,4,7-8H2,(H,27,30)(H,28,31)/t21-,22-/m1/s1. The maximum atomic E-state index is 12.7. The van der Waals surface area contributed by atoms with E-state index in [2.05, 4.69) is 15.6 Å². The van der Waals surface area contributed by atoms with Gasteiger partial charge in [0.15, 0.2) is 5.78 Å². The predicted octanol–water partition coefficient (Wildman–Crippen LogP) is 3.39. The van der Waals surface area contributed by atoms with E-state index in [1.165, 1.54) is 0 Å². The molecule has 3 aromatic rings. The summed E-state index contributed by atoms with van der Waals surface area (Å²) in [4.78, 5) is 41.6. The number of hydrogen-bond acceptors (Lipinski definition) is 4. The van der Waals surface area contributed by atoms with Crippen molar-refractivity contribution in [2.24, 2.45) is 0 Å². The summed E-state index contributed by atoms with van der Waals surface area (Å²) >= 11 is 0. The fourth-order valence-electron chi connectivity index (χ4n) is 3.84. The molecule has 2 atom stereocenters. The van der Waals surface area contributed by atoms with Gasteiger partial charge in [-0.05, 0) is 43.5 Å². The number of hydrogen-bond donors (Lipinski definition) is 2. The maximum Gasteiger partial charge on any atom is 0.251 e. The van der Waals surface area contributed by atoms with E-state index in [9.17, 15) is 14.4 Å². The first-order valence-electron chi connectivity index (χ1n) is 10.3. The first-order valence-corrected chi connectivity index (χ1v) is 10.3. The van der Waals surface area contributed by atoms with Gasteiger partial charge < -0.3 is 10.6 Å². The Morgan fingerprint density at radius 1 is 0.645 bits per heavy atom. The van der Waals surface area contributed by atoms with Crippen LogP contribution in [-0.2, 0) is 0 Å². The van der Waals surface area contributed by atoms with Crippen LogP contribution in [0.2, 0.25) is 0 Å². The summed E-state index contributed by atoms with van der Waals surface area (Å²) in [5.74, 6) is -0.465. The summed E-state index contributed by atoms with van der Waals surface area (Å²) in [6.07, 6.45) is 5.70.